The van der Waals surface area contributed by atoms with Crippen LogP contribution in [0.1, 0.15) is 20.2 Å². The van der Waals surface area contributed by atoms with E-state index in [-0.39, 0.29) is 18.0 Å². The van der Waals surface area contributed by atoms with E-state index < -0.39 is 0 Å². The summed E-state index contributed by atoms with van der Waals surface area (Å²) in [5.74, 6) is -0.379. The lowest BCUT2D eigenvalue weighted by Crippen LogP contribution is -2.01. The molecule has 1 heterocycles. The summed E-state index contributed by atoms with van der Waals surface area (Å²) in [5.41, 5.74) is 0.660. The molecule has 17 heavy (non-hydrogen) atoms. The van der Waals surface area contributed by atoms with Crippen LogP contribution in [0.3, 0.4) is 0 Å². The van der Waals surface area contributed by atoms with E-state index in [0.717, 1.165) is 5.01 Å². The van der Waals surface area contributed by atoms with E-state index in [0.29, 0.717) is 14.9 Å². The van der Waals surface area contributed by atoms with E-state index in [9.17, 15) is 9.18 Å². The Morgan fingerprint density at radius 3 is 2.82 bits per heavy atom. The summed E-state index contributed by atoms with van der Waals surface area (Å²) in [5, 5.41) is 0.855. The van der Waals surface area contributed by atoms with Crippen LogP contribution < -0.4 is 0 Å². The number of halogens is 2. The summed E-state index contributed by atoms with van der Waals surface area (Å²) in [6.07, 6.45) is 1.76. The number of rotatable bonds is 3. The first-order chi connectivity index (χ1) is 8.04. The highest BCUT2D eigenvalue weighted by molar-refractivity contribution is 9.10. The monoisotopic (exact) mass is 313 g/mol. The molecule has 5 heteroatoms. The third-order valence-corrected chi connectivity index (χ3v) is 3.59. The molecular weight excluding hydrogens is 305 g/mol. The number of thiazole rings is 1. The van der Waals surface area contributed by atoms with Gasteiger partial charge in [0.05, 0.1) is 9.88 Å². The van der Waals surface area contributed by atoms with Crippen molar-refractivity contribution < 1.29 is 9.18 Å². The van der Waals surface area contributed by atoms with Crippen LogP contribution in [-0.4, -0.2) is 10.8 Å². The molecule has 2 nitrogen and oxygen atoms in total. The topological polar surface area (TPSA) is 30.0 Å². The number of benzene rings is 1. The highest BCUT2D eigenvalue weighted by atomic mass is 79.9. The maximum atomic E-state index is 13.1. The van der Waals surface area contributed by atoms with E-state index in [1.807, 2.05) is 6.92 Å². The first kappa shape index (κ1) is 12.4. The number of hydrogen-bond acceptors (Lipinski definition) is 3. The Morgan fingerprint density at radius 1 is 1.47 bits per heavy atom. The van der Waals surface area contributed by atoms with Gasteiger partial charge in [-0.1, -0.05) is 15.9 Å². The molecule has 0 atom stereocenters. The summed E-state index contributed by atoms with van der Waals surface area (Å²) >= 11 is 4.56. The highest BCUT2D eigenvalue weighted by Crippen LogP contribution is 2.18. The molecule has 2 rings (SSSR count). The molecule has 0 spiro atoms. The van der Waals surface area contributed by atoms with Crippen molar-refractivity contribution in [3.8, 4) is 0 Å². The van der Waals surface area contributed by atoms with Gasteiger partial charge in [0, 0.05) is 17.1 Å². The van der Waals surface area contributed by atoms with Gasteiger partial charge >= 0.3 is 0 Å². The fraction of sp³-hybridized carbons (Fsp3) is 0.167. The van der Waals surface area contributed by atoms with E-state index in [1.165, 1.54) is 23.5 Å². The van der Waals surface area contributed by atoms with Gasteiger partial charge in [0.15, 0.2) is 5.78 Å². The number of carbonyl (C=O) groups excluding carboxylic acids is 1. The minimum absolute atomic E-state index is 0.0342. The number of aromatic nitrogens is 1. The van der Waals surface area contributed by atoms with Crippen LogP contribution in [0.2, 0.25) is 0 Å². The average Bonchev–Trinajstić information content (AvgIpc) is 2.63. The highest BCUT2D eigenvalue weighted by Gasteiger charge is 2.11. The van der Waals surface area contributed by atoms with Crippen molar-refractivity contribution in [1.29, 1.82) is 0 Å². The van der Waals surface area contributed by atoms with Crippen LogP contribution in [0, 0.1) is 12.7 Å². The normalized spacial score (nSPS) is 10.5. The molecule has 0 aliphatic heterocycles. The standard InChI is InChI=1S/C12H9BrFNOS/c1-7-15-6-12(17-7)11(16)4-8-2-9(13)5-10(14)3-8/h2-3,5-6H,4H2,1H3. The quantitative estimate of drug-likeness (QED) is 0.807. The second-order valence-electron chi connectivity index (χ2n) is 3.62. The van der Waals surface area contributed by atoms with E-state index in [1.54, 1.807) is 12.3 Å². The van der Waals surface area contributed by atoms with Crippen molar-refractivity contribution in [1.82, 2.24) is 4.98 Å². The summed E-state index contributed by atoms with van der Waals surface area (Å²) < 4.78 is 13.8. The third kappa shape index (κ3) is 3.20. The zero-order chi connectivity index (χ0) is 12.4. The van der Waals surface area contributed by atoms with Gasteiger partial charge in [-0.25, -0.2) is 9.37 Å². The Labute approximate surface area is 111 Å². The molecule has 88 valence electrons. The largest absolute Gasteiger partial charge is 0.293 e. The fourth-order valence-corrected chi connectivity index (χ4v) is 2.70. The fourth-order valence-electron chi connectivity index (χ4n) is 1.48. The molecule has 1 aromatic heterocycles. The van der Waals surface area contributed by atoms with Gasteiger partial charge in [-0.05, 0) is 30.7 Å². The van der Waals surface area contributed by atoms with Crippen LogP contribution in [-0.2, 0) is 6.42 Å². The number of ketones is 1. The Bertz CT molecular complexity index is 547. The molecule has 2 aromatic rings. The SMILES string of the molecule is Cc1ncc(C(=O)Cc2cc(F)cc(Br)c2)s1. The van der Waals surface area contributed by atoms with Gasteiger partial charge in [0.1, 0.15) is 5.82 Å². The first-order valence-corrected chi connectivity index (χ1v) is 6.56. The number of Topliss-reactive ketones (excluding diaryl/α,β-unsaturated/α-hetero) is 1. The Morgan fingerprint density at radius 2 is 2.24 bits per heavy atom. The number of carbonyl (C=O) groups is 1. The van der Waals surface area contributed by atoms with Crippen molar-refractivity contribution in [2.45, 2.75) is 13.3 Å². The number of aryl methyl sites for hydroxylation is 1. The molecule has 0 saturated carbocycles. The first-order valence-electron chi connectivity index (χ1n) is 4.95. The molecular formula is C12H9BrFNOS. The van der Waals surface area contributed by atoms with Crippen LogP contribution in [0.4, 0.5) is 4.39 Å². The number of hydrogen-bond donors (Lipinski definition) is 0. The van der Waals surface area contributed by atoms with Crippen molar-refractivity contribution in [2.75, 3.05) is 0 Å². The van der Waals surface area contributed by atoms with Gasteiger partial charge in [0.2, 0.25) is 0 Å². The maximum absolute atomic E-state index is 13.1. The second-order valence-corrected chi connectivity index (χ2v) is 5.77. The molecule has 0 amide bonds. The lowest BCUT2D eigenvalue weighted by molar-refractivity contribution is 0.0996. The predicted molar refractivity (Wildman–Crippen MR) is 69.0 cm³/mol. The van der Waals surface area contributed by atoms with E-state index >= 15 is 0 Å². The molecule has 0 radical (unpaired) electrons. The number of nitrogens with zero attached hydrogens (tertiary/aromatic N) is 1. The van der Waals surface area contributed by atoms with Crippen LogP contribution >= 0.6 is 27.3 Å². The minimum atomic E-state index is -0.345. The summed E-state index contributed by atoms with van der Waals surface area (Å²) in [6.45, 7) is 1.85. The van der Waals surface area contributed by atoms with Crippen LogP contribution in [0.5, 0.6) is 0 Å². The van der Waals surface area contributed by atoms with E-state index in [4.69, 9.17) is 0 Å². The zero-order valence-corrected chi connectivity index (χ0v) is 11.4. The molecule has 0 unspecified atom stereocenters. The van der Waals surface area contributed by atoms with Crippen LogP contribution in [0.25, 0.3) is 0 Å². The van der Waals surface area contributed by atoms with Crippen molar-refractivity contribution >= 4 is 33.0 Å². The van der Waals surface area contributed by atoms with Crippen molar-refractivity contribution in [3.05, 3.63) is 50.1 Å². The smallest absolute Gasteiger partial charge is 0.178 e. The van der Waals surface area contributed by atoms with Gasteiger partial charge in [0.25, 0.3) is 0 Å². The Balaban J connectivity index is 2.18. The molecule has 0 aliphatic rings. The van der Waals surface area contributed by atoms with Gasteiger partial charge in [-0.3, -0.25) is 4.79 Å². The molecule has 0 N–H and O–H groups in total. The Kier molecular flexibility index (Phi) is 3.69. The molecule has 0 aliphatic carbocycles. The average molecular weight is 314 g/mol. The maximum Gasteiger partial charge on any atom is 0.178 e. The second kappa shape index (κ2) is 5.06. The molecule has 0 fully saturated rings. The molecule has 1 aromatic carbocycles. The third-order valence-electron chi connectivity index (χ3n) is 2.18. The summed E-state index contributed by atoms with van der Waals surface area (Å²) in [6, 6.07) is 4.48. The van der Waals surface area contributed by atoms with E-state index in [2.05, 4.69) is 20.9 Å². The zero-order valence-electron chi connectivity index (χ0n) is 9.04. The molecule has 0 saturated heterocycles. The van der Waals surface area contributed by atoms with Crippen molar-refractivity contribution in [2.24, 2.45) is 0 Å². The lowest BCUT2D eigenvalue weighted by Gasteiger charge is -2.00. The Hall–Kier alpha value is -1.07. The predicted octanol–water partition coefficient (Wildman–Crippen LogP) is 3.78. The summed E-state index contributed by atoms with van der Waals surface area (Å²) in [7, 11) is 0. The molecule has 0 bridgehead atoms. The summed E-state index contributed by atoms with van der Waals surface area (Å²) in [4.78, 5) is 16.5. The van der Waals surface area contributed by atoms with Crippen LogP contribution in [0.15, 0.2) is 28.9 Å². The van der Waals surface area contributed by atoms with Gasteiger partial charge in [-0.15, -0.1) is 11.3 Å². The minimum Gasteiger partial charge on any atom is -0.293 e. The lowest BCUT2D eigenvalue weighted by atomic mass is 10.1. The van der Waals surface area contributed by atoms with Gasteiger partial charge in [-0.2, -0.15) is 0 Å². The van der Waals surface area contributed by atoms with Gasteiger partial charge < -0.3 is 0 Å². The van der Waals surface area contributed by atoms with Crippen molar-refractivity contribution in [3.63, 3.8) is 0 Å².